The van der Waals surface area contributed by atoms with Gasteiger partial charge in [-0.15, -0.1) is 0 Å². The summed E-state index contributed by atoms with van der Waals surface area (Å²) < 4.78 is 5.05. The number of methoxy groups -OCH3 is 1. The Bertz CT molecular complexity index is 391. The van der Waals surface area contributed by atoms with E-state index in [9.17, 15) is 4.79 Å². The molecule has 1 amide bonds. The molecule has 0 saturated carbocycles. The molecule has 0 fully saturated rings. The van der Waals surface area contributed by atoms with Gasteiger partial charge in [0.25, 0.3) is 5.91 Å². The number of ether oxygens (including phenoxy) is 1. The van der Waals surface area contributed by atoms with Gasteiger partial charge in [-0.3, -0.25) is 4.79 Å². The standard InChI is InChI=1S/C13H20N2O2/c1-4-11(8-17-3)15-13(16)12-7-10(14)6-5-9(12)2/h5-7,11H,4,8,14H2,1-3H3,(H,15,16). The Morgan fingerprint density at radius 3 is 2.82 bits per heavy atom. The molecule has 1 atom stereocenters. The van der Waals surface area contributed by atoms with Crippen LogP contribution in [0.5, 0.6) is 0 Å². The quantitative estimate of drug-likeness (QED) is 0.765. The van der Waals surface area contributed by atoms with E-state index in [1.54, 1.807) is 19.2 Å². The lowest BCUT2D eigenvalue weighted by molar-refractivity contribution is 0.0894. The van der Waals surface area contributed by atoms with Crippen molar-refractivity contribution in [3.05, 3.63) is 29.3 Å². The minimum Gasteiger partial charge on any atom is -0.399 e. The number of benzene rings is 1. The topological polar surface area (TPSA) is 64.3 Å². The van der Waals surface area contributed by atoms with Gasteiger partial charge in [0.15, 0.2) is 0 Å². The predicted octanol–water partition coefficient (Wildman–Crippen LogP) is 1.73. The van der Waals surface area contributed by atoms with Gasteiger partial charge in [-0.2, -0.15) is 0 Å². The number of rotatable bonds is 5. The molecule has 1 aromatic carbocycles. The average molecular weight is 236 g/mol. The van der Waals surface area contributed by atoms with Crippen LogP contribution in [0.25, 0.3) is 0 Å². The van der Waals surface area contributed by atoms with E-state index in [-0.39, 0.29) is 11.9 Å². The van der Waals surface area contributed by atoms with Crippen LogP contribution in [0.1, 0.15) is 29.3 Å². The highest BCUT2D eigenvalue weighted by Crippen LogP contribution is 2.12. The first-order chi connectivity index (χ1) is 8.08. The largest absolute Gasteiger partial charge is 0.399 e. The fourth-order valence-corrected chi connectivity index (χ4v) is 1.61. The van der Waals surface area contributed by atoms with E-state index in [0.717, 1.165) is 12.0 Å². The number of carbonyl (C=O) groups excluding carboxylic acids is 1. The van der Waals surface area contributed by atoms with Gasteiger partial charge in [-0.25, -0.2) is 0 Å². The number of anilines is 1. The molecule has 0 aromatic heterocycles. The van der Waals surface area contributed by atoms with E-state index in [0.29, 0.717) is 17.9 Å². The average Bonchev–Trinajstić information content (AvgIpc) is 2.31. The van der Waals surface area contributed by atoms with Crippen molar-refractivity contribution in [2.75, 3.05) is 19.5 Å². The van der Waals surface area contributed by atoms with Gasteiger partial charge >= 0.3 is 0 Å². The smallest absolute Gasteiger partial charge is 0.251 e. The van der Waals surface area contributed by atoms with Gasteiger partial charge < -0.3 is 15.8 Å². The molecule has 0 heterocycles. The second-order valence-corrected chi connectivity index (χ2v) is 4.11. The molecule has 0 radical (unpaired) electrons. The summed E-state index contributed by atoms with van der Waals surface area (Å²) in [6.07, 6.45) is 0.834. The van der Waals surface area contributed by atoms with Gasteiger partial charge in [0, 0.05) is 18.4 Å². The van der Waals surface area contributed by atoms with Gasteiger partial charge in [0.05, 0.1) is 12.6 Å². The van der Waals surface area contributed by atoms with Gasteiger partial charge in [-0.1, -0.05) is 13.0 Å². The minimum absolute atomic E-state index is 0.0355. The van der Waals surface area contributed by atoms with Crippen LogP contribution in [0.2, 0.25) is 0 Å². The fraction of sp³-hybridized carbons (Fsp3) is 0.462. The van der Waals surface area contributed by atoms with Gasteiger partial charge in [-0.05, 0) is 31.0 Å². The number of aryl methyl sites for hydroxylation is 1. The molecular formula is C13H20N2O2. The lowest BCUT2D eigenvalue weighted by atomic mass is 10.1. The van der Waals surface area contributed by atoms with Crippen molar-refractivity contribution in [2.45, 2.75) is 26.3 Å². The van der Waals surface area contributed by atoms with Gasteiger partial charge in [0.2, 0.25) is 0 Å². The SMILES string of the molecule is CCC(COC)NC(=O)c1cc(N)ccc1C. The van der Waals surface area contributed by atoms with E-state index in [4.69, 9.17) is 10.5 Å². The van der Waals surface area contributed by atoms with Crippen LogP contribution < -0.4 is 11.1 Å². The Hall–Kier alpha value is -1.55. The molecule has 1 unspecified atom stereocenters. The maximum atomic E-state index is 12.0. The summed E-state index contributed by atoms with van der Waals surface area (Å²) in [4.78, 5) is 12.0. The van der Waals surface area contributed by atoms with Crippen LogP contribution >= 0.6 is 0 Å². The molecule has 0 aliphatic carbocycles. The van der Waals surface area contributed by atoms with Crippen molar-refractivity contribution < 1.29 is 9.53 Å². The van der Waals surface area contributed by atoms with Crippen molar-refractivity contribution in [3.8, 4) is 0 Å². The molecule has 4 nitrogen and oxygen atoms in total. The number of amides is 1. The van der Waals surface area contributed by atoms with Crippen LogP contribution in [0, 0.1) is 6.92 Å². The number of nitrogens with two attached hydrogens (primary N) is 1. The number of nitrogens with one attached hydrogen (secondary N) is 1. The van der Waals surface area contributed by atoms with Crippen molar-refractivity contribution in [1.82, 2.24) is 5.32 Å². The molecule has 1 rings (SSSR count). The number of hydrogen-bond acceptors (Lipinski definition) is 3. The van der Waals surface area contributed by atoms with Crippen LogP contribution in [-0.4, -0.2) is 25.7 Å². The molecule has 0 aliphatic rings. The second kappa shape index (κ2) is 6.25. The minimum atomic E-state index is -0.0984. The maximum Gasteiger partial charge on any atom is 0.251 e. The van der Waals surface area contributed by atoms with E-state index < -0.39 is 0 Å². The van der Waals surface area contributed by atoms with Crippen molar-refractivity contribution in [2.24, 2.45) is 0 Å². The fourth-order valence-electron chi connectivity index (χ4n) is 1.61. The first-order valence-electron chi connectivity index (χ1n) is 5.74. The molecule has 3 N–H and O–H groups in total. The van der Waals surface area contributed by atoms with E-state index in [2.05, 4.69) is 5.32 Å². The van der Waals surface area contributed by atoms with Crippen LogP contribution in [0.4, 0.5) is 5.69 Å². The molecular weight excluding hydrogens is 216 g/mol. The molecule has 0 bridgehead atoms. The van der Waals surface area contributed by atoms with Crippen molar-refractivity contribution in [3.63, 3.8) is 0 Å². The normalized spacial score (nSPS) is 12.2. The zero-order valence-corrected chi connectivity index (χ0v) is 10.6. The number of carbonyl (C=O) groups is 1. The molecule has 1 aromatic rings. The van der Waals surface area contributed by atoms with Gasteiger partial charge in [0.1, 0.15) is 0 Å². The van der Waals surface area contributed by atoms with E-state index in [1.165, 1.54) is 0 Å². The Balaban J connectivity index is 2.78. The Labute approximate surface area is 102 Å². The van der Waals surface area contributed by atoms with Crippen LogP contribution in [-0.2, 0) is 4.74 Å². The lowest BCUT2D eigenvalue weighted by Gasteiger charge is -2.16. The number of hydrogen-bond donors (Lipinski definition) is 2. The summed E-state index contributed by atoms with van der Waals surface area (Å²) in [6, 6.07) is 5.37. The first-order valence-corrected chi connectivity index (χ1v) is 5.74. The third kappa shape index (κ3) is 3.75. The highest BCUT2D eigenvalue weighted by Gasteiger charge is 2.13. The zero-order chi connectivity index (χ0) is 12.8. The molecule has 0 saturated heterocycles. The highest BCUT2D eigenvalue weighted by atomic mass is 16.5. The maximum absolute atomic E-state index is 12.0. The summed E-state index contributed by atoms with van der Waals surface area (Å²) in [5.41, 5.74) is 7.83. The van der Waals surface area contributed by atoms with Crippen molar-refractivity contribution in [1.29, 1.82) is 0 Å². The summed E-state index contributed by atoms with van der Waals surface area (Å²) in [6.45, 7) is 4.42. The molecule has 0 spiro atoms. The zero-order valence-electron chi connectivity index (χ0n) is 10.6. The molecule has 17 heavy (non-hydrogen) atoms. The summed E-state index contributed by atoms with van der Waals surface area (Å²) in [5.74, 6) is -0.0984. The lowest BCUT2D eigenvalue weighted by Crippen LogP contribution is -2.37. The summed E-state index contributed by atoms with van der Waals surface area (Å²) in [7, 11) is 1.63. The first kappa shape index (κ1) is 13.5. The molecule has 0 aliphatic heterocycles. The Kier molecular flexibility index (Phi) is 4.97. The van der Waals surface area contributed by atoms with E-state index >= 15 is 0 Å². The van der Waals surface area contributed by atoms with E-state index in [1.807, 2.05) is 19.9 Å². The second-order valence-electron chi connectivity index (χ2n) is 4.11. The Morgan fingerprint density at radius 1 is 1.53 bits per heavy atom. The monoisotopic (exact) mass is 236 g/mol. The highest BCUT2D eigenvalue weighted by molar-refractivity contribution is 5.96. The third-order valence-corrected chi connectivity index (χ3v) is 2.70. The third-order valence-electron chi connectivity index (χ3n) is 2.70. The number of nitrogen functional groups attached to an aromatic ring is 1. The van der Waals surface area contributed by atoms with Crippen LogP contribution in [0.15, 0.2) is 18.2 Å². The summed E-state index contributed by atoms with van der Waals surface area (Å²) in [5, 5.41) is 2.93. The Morgan fingerprint density at radius 2 is 2.24 bits per heavy atom. The van der Waals surface area contributed by atoms with Crippen LogP contribution in [0.3, 0.4) is 0 Å². The predicted molar refractivity (Wildman–Crippen MR) is 69.0 cm³/mol. The molecule has 94 valence electrons. The molecule has 4 heteroatoms. The summed E-state index contributed by atoms with van der Waals surface area (Å²) >= 11 is 0. The van der Waals surface area contributed by atoms with Crippen molar-refractivity contribution >= 4 is 11.6 Å².